The molecule has 0 amide bonds. The van der Waals surface area contributed by atoms with Crippen LogP contribution in [0.15, 0.2) is 43.0 Å². The second-order valence-electron chi connectivity index (χ2n) is 5.47. The molecule has 1 aromatic heterocycles. The first-order chi connectivity index (χ1) is 9.81. The van der Waals surface area contributed by atoms with Crippen LogP contribution >= 0.6 is 11.6 Å². The molecule has 3 nitrogen and oxygen atoms in total. The van der Waals surface area contributed by atoms with E-state index in [2.05, 4.69) is 32.8 Å². The van der Waals surface area contributed by atoms with E-state index in [1.54, 1.807) is 0 Å². The van der Waals surface area contributed by atoms with Gasteiger partial charge in [-0.1, -0.05) is 23.7 Å². The molecule has 20 heavy (non-hydrogen) atoms. The number of rotatable bonds is 5. The number of halogens is 1. The van der Waals surface area contributed by atoms with E-state index in [1.807, 2.05) is 24.7 Å². The van der Waals surface area contributed by atoms with Crippen LogP contribution in [0.5, 0.6) is 0 Å². The van der Waals surface area contributed by atoms with Gasteiger partial charge >= 0.3 is 0 Å². The maximum Gasteiger partial charge on any atom is 0.0946 e. The van der Waals surface area contributed by atoms with Crippen molar-refractivity contribution in [3.05, 3.63) is 53.6 Å². The minimum Gasteiger partial charge on any atom is -0.336 e. The third-order valence-corrected chi connectivity index (χ3v) is 4.33. The molecule has 1 atom stereocenters. The summed E-state index contributed by atoms with van der Waals surface area (Å²) < 4.78 is 2.19. The lowest BCUT2D eigenvalue weighted by Crippen LogP contribution is -2.34. The molecule has 0 aliphatic carbocycles. The first-order valence-corrected chi connectivity index (χ1v) is 7.63. The van der Waals surface area contributed by atoms with Crippen LogP contribution in [0, 0.1) is 0 Å². The zero-order valence-corrected chi connectivity index (χ0v) is 12.3. The van der Waals surface area contributed by atoms with Gasteiger partial charge in [-0.3, -0.25) is 4.90 Å². The maximum absolute atomic E-state index is 5.92. The second kappa shape index (κ2) is 6.42. The van der Waals surface area contributed by atoms with E-state index in [1.165, 1.54) is 24.9 Å². The van der Waals surface area contributed by atoms with Crippen LogP contribution in [0.2, 0.25) is 5.02 Å². The molecule has 1 saturated heterocycles. The molecule has 2 aromatic rings. The third kappa shape index (κ3) is 3.41. The van der Waals surface area contributed by atoms with Gasteiger partial charge in [0, 0.05) is 36.5 Å². The Balaban J connectivity index is 1.54. The Labute approximate surface area is 125 Å². The summed E-state index contributed by atoms with van der Waals surface area (Å²) >= 11 is 5.92. The summed E-state index contributed by atoms with van der Waals surface area (Å²) in [5, 5.41) is 0.813. The Morgan fingerprint density at radius 1 is 1.25 bits per heavy atom. The van der Waals surface area contributed by atoms with Gasteiger partial charge in [-0.15, -0.1) is 0 Å². The Hall–Kier alpha value is -1.32. The SMILES string of the molecule is Clc1ccc(CCN2CCC[C@H]2Cn2ccnc2)cc1. The van der Waals surface area contributed by atoms with Crippen molar-refractivity contribution in [2.75, 3.05) is 13.1 Å². The first kappa shape index (κ1) is 13.7. The van der Waals surface area contributed by atoms with Crippen molar-refractivity contribution in [1.82, 2.24) is 14.5 Å². The van der Waals surface area contributed by atoms with Gasteiger partial charge in [-0.25, -0.2) is 4.98 Å². The minimum absolute atomic E-state index is 0.650. The smallest absolute Gasteiger partial charge is 0.0946 e. The summed E-state index contributed by atoms with van der Waals surface area (Å²) in [6, 6.07) is 8.86. The fourth-order valence-electron chi connectivity index (χ4n) is 2.96. The molecular weight excluding hydrogens is 270 g/mol. The summed E-state index contributed by atoms with van der Waals surface area (Å²) in [5.41, 5.74) is 1.36. The van der Waals surface area contributed by atoms with E-state index in [-0.39, 0.29) is 0 Å². The Morgan fingerprint density at radius 3 is 2.85 bits per heavy atom. The molecule has 0 saturated carbocycles. The molecule has 2 heterocycles. The predicted octanol–water partition coefficient (Wildman–Crippen LogP) is 3.24. The van der Waals surface area contributed by atoms with Gasteiger partial charge < -0.3 is 4.57 Å². The third-order valence-electron chi connectivity index (χ3n) is 4.08. The Bertz CT molecular complexity index is 521. The molecule has 0 spiro atoms. The van der Waals surface area contributed by atoms with Gasteiger partial charge in [0.15, 0.2) is 0 Å². The molecule has 1 fully saturated rings. The quantitative estimate of drug-likeness (QED) is 0.842. The zero-order valence-electron chi connectivity index (χ0n) is 11.6. The predicted molar refractivity (Wildman–Crippen MR) is 82.0 cm³/mol. The molecule has 1 aliphatic rings. The number of likely N-dealkylation sites (tertiary alicyclic amines) is 1. The van der Waals surface area contributed by atoms with Crippen molar-refractivity contribution in [2.45, 2.75) is 31.8 Å². The molecular formula is C16H20ClN3. The summed E-state index contributed by atoms with van der Waals surface area (Å²) in [5.74, 6) is 0. The number of hydrogen-bond acceptors (Lipinski definition) is 2. The zero-order chi connectivity index (χ0) is 13.8. The van der Waals surface area contributed by atoms with Gasteiger partial charge in [0.2, 0.25) is 0 Å². The van der Waals surface area contributed by atoms with Crippen LogP contribution in [0.3, 0.4) is 0 Å². The lowest BCUT2D eigenvalue weighted by Gasteiger charge is -2.24. The number of hydrogen-bond donors (Lipinski definition) is 0. The molecule has 3 rings (SSSR count). The first-order valence-electron chi connectivity index (χ1n) is 7.25. The van der Waals surface area contributed by atoms with Crippen molar-refractivity contribution in [3.8, 4) is 0 Å². The average molecular weight is 290 g/mol. The molecule has 0 N–H and O–H groups in total. The largest absolute Gasteiger partial charge is 0.336 e. The standard InChI is InChI=1S/C16H20ClN3/c17-15-5-3-14(4-6-15)7-10-20-9-1-2-16(20)12-19-11-8-18-13-19/h3-6,8,11,13,16H,1-2,7,9-10,12H2/t16-/m0/s1. The van der Waals surface area contributed by atoms with E-state index < -0.39 is 0 Å². The molecule has 1 aliphatic heterocycles. The number of nitrogens with zero attached hydrogens (tertiary/aromatic N) is 3. The van der Waals surface area contributed by atoms with Crippen molar-refractivity contribution >= 4 is 11.6 Å². The van der Waals surface area contributed by atoms with Gasteiger partial charge in [0.25, 0.3) is 0 Å². The topological polar surface area (TPSA) is 21.1 Å². The highest BCUT2D eigenvalue weighted by Gasteiger charge is 2.24. The highest BCUT2D eigenvalue weighted by atomic mass is 35.5. The van der Waals surface area contributed by atoms with E-state index in [0.29, 0.717) is 6.04 Å². The summed E-state index contributed by atoms with van der Waals surface area (Å²) in [4.78, 5) is 6.73. The average Bonchev–Trinajstić information content (AvgIpc) is 3.11. The van der Waals surface area contributed by atoms with Crippen LogP contribution in [0.1, 0.15) is 18.4 Å². The normalized spacial score (nSPS) is 19.6. The molecule has 106 valence electrons. The van der Waals surface area contributed by atoms with Gasteiger partial charge in [0.05, 0.1) is 6.33 Å². The van der Waals surface area contributed by atoms with Crippen LogP contribution < -0.4 is 0 Å². The molecule has 1 aromatic carbocycles. The van der Waals surface area contributed by atoms with E-state index in [9.17, 15) is 0 Å². The number of benzene rings is 1. The van der Waals surface area contributed by atoms with Crippen LogP contribution in [-0.2, 0) is 13.0 Å². The highest BCUT2D eigenvalue weighted by molar-refractivity contribution is 6.30. The summed E-state index contributed by atoms with van der Waals surface area (Å²) in [6.07, 6.45) is 9.51. The lowest BCUT2D eigenvalue weighted by atomic mass is 10.1. The summed E-state index contributed by atoms with van der Waals surface area (Å²) in [7, 11) is 0. The molecule has 4 heteroatoms. The maximum atomic E-state index is 5.92. The second-order valence-corrected chi connectivity index (χ2v) is 5.90. The van der Waals surface area contributed by atoms with Crippen molar-refractivity contribution in [2.24, 2.45) is 0 Å². The van der Waals surface area contributed by atoms with E-state index in [0.717, 1.165) is 24.5 Å². The van der Waals surface area contributed by atoms with Gasteiger partial charge in [0.1, 0.15) is 0 Å². The number of aromatic nitrogens is 2. The molecule has 0 unspecified atom stereocenters. The summed E-state index contributed by atoms with van der Waals surface area (Å²) in [6.45, 7) is 3.40. The fraction of sp³-hybridized carbons (Fsp3) is 0.438. The Kier molecular flexibility index (Phi) is 4.38. The fourth-order valence-corrected chi connectivity index (χ4v) is 3.08. The van der Waals surface area contributed by atoms with E-state index >= 15 is 0 Å². The Morgan fingerprint density at radius 2 is 2.10 bits per heavy atom. The van der Waals surface area contributed by atoms with Gasteiger partial charge in [-0.05, 0) is 43.5 Å². The van der Waals surface area contributed by atoms with Crippen molar-refractivity contribution < 1.29 is 0 Å². The lowest BCUT2D eigenvalue weighted by molar-refractivity contribution is 0.235. The van der Waals surface area contributed by atoms with Crippen LogP contribution in [-0.4, -0.2) is 33.6 Å². The molecule has 0 radical (unpaired) electrons. The monoisotopic (exact) mass is 289 g/mol. The van der Waals surface area contributed by atoms with Crippen LogP contribution in [0.4, 0.5) is 0 Å². The molecule has 0 bridgehead atoms. The van der Waals surface area contributed by atoms with E-state index in [4.69, 9.17) is 11.6 Å². The van der Waals surface area contributed by atoms with Crippen LogP contribution in [0.25, 0.3) is 0 Å². The van der Waals surface area contributed by atoms with Crippen molar-refractivity contribution in [1.29, 1.82) is 0 Å². The number of imidazole rings is 1. The van der Waals surface area contributed by atoms with Crippen molar-refractivity contribution in [3.63, 3.8) is 0 Å². The van der Waals surface area contributed by atoms with Gasteiger partial charge in [-0.2, -0.15) is 0 Å². The minimum atomic E-state index is 0.650. The highest BCUT2D eigenvalue weighted by Crippen LogP contribution is 2.19.